The van der Waals surface area contributed by atoms with E-state index >= 15 is 0 Å². The van der Waals surface area contributed by atoms with E-state index in [0.717, 1.165) is 16.8 Å². The maximum Gasteiger partial charge on any atom is 0.0991 e. The zero-order valence-corrected chi connectivity index (χ0v) is 13.7. The van der Waals surface area contributed by atoms with E-state index in [1.165, 1.54) is 0 Å². The second-order valence-corrected chi connectivity index (χ2v) is 5.87. The van der Waals surface area contributed by atoms with Crippen molar-refractivity contribution in [3.05, 3.63) is 100 Å². The number of nitrogens with zero attached hydrogens (tertiary/aromatic N) is 2. The van der Waals surface area contributed by atoms with Gasteiger partial charge in [-0.3, -0.25) is 4.98 Å². The fourth-order valence-corrected chi connectivity index (χ4v) is 2.74. The van der Waals surface area contributed by atoms with Crippen LogP contribution >= 0.6 is 11.6 Å². The molecule has 0 bridgehead atoms. The molecular weight excluding hydrogens is 318 g/mol. The van der Waals surface area contributed by atoms with Crippen LogP contribution in [0.4, 0.5) is 0 Å². The van der Waals surface area contributed by atoms with Crippen LogP contribution in [-0.2, 0) is 6.54 Å². The average molecular weight is 334 g/mol. The summed E-state index contributed by atoms with van der Waals surface area (Å²) in [4.78, 5) is 4.48. The average Bonchev–Trinajstić information content (AvgIpc) is 2.63. The highest BCUT2D eigenvalue weighted by Gasteiger charge is 2.15. The van der Waals surface area contributed by atoms with Crippen LogP contribution in [0.5, 0.6) is 0 Å². The minimum atomic E-state index is -0.0551. The SMILES string of the molecule is N#Cc1ccc(CN[C@@H](c2cccc(Cl)c2)c2ccccn2)cc1. The molecule has 1 aromatic heterocycles. The number of hydrogen-bond acceptors (Lipinski definition) is 3. The van der Waals surface area contributed by atoms with Gasteiger partial charge in [-0.25, -0.2) is 0 Å². The van der Waals surface area contributed by atoms with Crippen LogP contribution in [0, 0.1) is 11.3 Å². The molecule has 3 rings (SSSR count). The fraction of sp³-hybridized carbons (Fsp3) is 0.100. The Bertz CT molecular complexity index is 839. The molecule has 0 spiro atoms. The third kappa shape index (κ3) is 3.99. The number of halogens is 1. The van der Waals surface area contributed by atoms with Crippen molar-refractivity contribution in [3.63, 3.8) is 0 Å². The minimum Gasteiger partial charge on any atom is -0.301 e. The van der Waals surface area contributed by atoms with Crippen molar-refractivity contribution < 1.29 is 0 Å². The number of rotatable bonds is 5. The van der Waals surface area contributed by atoms with Crippen LogP contribution in [0.25, 0.3) is 0 Å². The highest BCUT2D eigenvalue weighted by Crippen LogP contribution is 2.23. The number of nitrogens with one attached hydrogen (secondary N) is 1. The monoisotopic (exact) mass is 333 g/mol. The molecule has 0 saturated heterocycles. The van der Waals surface area contributed by atoms with Crippen LogP contribution in [0.3, 0.4) is 0 Å². The molecule has 3 nitrogen and oxygen atoms in total. The van der Waals surface area contributed by atoms with Gasteiger partial charge < -0.3 is 5.32 Å². The topological polar surface area (TPSA) is 48.7 Å². The first kappa shape index (κ1) is 16.2. The number of pyridine rings is 1. The van der Waals surface area contributed by atoms with Crippen LogP contribution in [0.1, 0.15) is 28.4 Å². The van der Waals surface area contributed by atoms with E-state index in [2.05, 4.69) is 16.4 Å². The van der Waals surface area contributed by atoms with Gasteiger partial charge in [0.2, 0.25) is 0 Å². The molecule has 0 aliphatic carbocycles. The summed E-state index contributed by atoms with van der Waals surface area (Å²) in [5, 5.41) is 13.1. The lowest BCUT2D eigenvalue weighted by atomic mass is 10.0. The molecule has 0 amide bonds. The van der Waals surface area contributed by atoms with Crippen LogP contribution in [0.15, 0.2) is 72.9 Å². The summed E-state index contributed by atoms with van der Waals surface area (Å²) >= 11 is 6.15. The molecule has 118 valence electrons. The Balaban J connectivity index is 1.83. The lowest BCUT2D eigenvalue weighted by Gasteiger charge is -2.19. The summed E-state index contributed by atoms with van der Waals surface area (Å²) in [5.41, 5.74) is 3.77. The predicted molar refractivity (Wildman–Crippen MR) is 95.5 cm³/mol. The normalized spacial score (nSPS) is 11.7. The largest absolute Gasteiger partial charge is 0.301 e. The smallest absolute Gasteiger partial charge is 0.0991 e. The zero-order valence-electron chi connectivity index (χ0n) is 13.0. The Hall–Kier alpha value is -2.67. The molecule has 3 aromatic rings. The first-order valence-electron chi connectivity index (χ1n) is 7.65. The van der Waals surface area contributed by atoms with Crippen molar-refractivity contribution in [1.82, 2.24) is 10.3 Å². The molecule has 1 atom stereocenters. The highest BCUT2D eigenvalue weighted by molar-refractivity contribution is 6.30. The van der Waals surface area contributed by atoms with Gasteiger partial charge in [-0.1, -0.05) is 41.9 Å². The molecule has 0 aliphatic rings. The third-order valence-electron chi connectivity index (χ3n) is 3.76. The van der Waals surface area contributed by atoms with Crippen LogP contribution < -0.4 is 5.32 Å². The molecule has 0 aliphatic heterocycles. The summed E-state index contributed by atoms with van der Waals surface area (Å²) in [5.74, 6) is 0. The lowest BCUT2D eigenvalue weighted by Crippen LogP contribution is -2.23. The number of aromatic nitrogens is 1. The highest BCUT2D eigenvalue weighted by atomic mass is 35.5. The van der Waals surface area contributed by atoms with E-state index in [1.807, 2.05) is 66.7 Å². The maximum absolute atomic E-state index is 8.88. The van der Waals surface area contributed by atoms with E-state index in [-0.39, 0.29) is 6.04 Å². The Morgan fingerprint density at radius 3 is 2.54 bits per heavy atom. The van der Waals surface area contributed by atoms with Gasteiger partial charge in [0.05, 0.1) is 23.4 Å². The molecule has 0 fully saturated rings. The molecule has 4 heteroatoms. The molecule has 1 N–H and O–H groups in total. The Kier molecular flexibility index (Phi) is 5.22. The van der Waals surface area contributed by atoms with Crippen molar-refractivity contribution >= 4 is 11.6 Å². The standard InChI is InChI=1S/C20H16ClN3/c21-18-5-3-4-17(12-18)20(19-6-1-2-11-23-19)24-14-16-9-7-15(13-22)8-10-16/h1-12,20,24H,14H2/t20-/m0/s1. The molecule has 1 heterocycles. The Morgan fingerprint density at radius 1 is 1.04 bits per heavy atom. The van der Waals surface area contributed by atoms with Crippen molar-refractivity contribution in [2.45, 2.75) is 12.6 Å². The van der Waals surface area contributed by atoms with Crippen molar-refractivity contribution in [1.29, 1.82) is 5.26 Å². The van der Waals surface area contributed by atoms with E-state index in [9.17, 15) is 0 Å². The number of nitriles is 1. The summed E-state index contributed by atoms with van der Waals surface area (Å²) in [6, 6.07) is 23.3. The predicted octanol–water partition coefficient (Wildman–Crippen LogP) is 4.49. The molecule has 0 saturated carbocycles. The van der Waals surface area contributed by atoms with E-state index in [0.29, 0.717) is 17.1 Å². The van der Waals surface area contributed by atoms with Gasteiger partial charge in [-0.15, -0.1) is 0 Å². The minimum absolute atomic E-state index is 0.0551. The van der Waals surface area contributed by atoms with Gasteiger partial charge >= 0.3 is 0 Å². The molecule has 0 unspecified atom stereocenters. The second-order valence-electron chi connectivity index (χ2n) is 5.43. The third-order valence-corrected chi connectivity index (χ3v) is 3.99. The van der Waals surface area contributed by atoms with E-state index in [4.69, 9.17) is 16.9 Å². The quantitative estimate of drug-likeness (QED) is 0.748. The van der Waals surface area contributed by atoms with Crippen molar-refractivity contribution in [2.75, 3.05) is 0 Å². The van der Waals surface area contributed by atoms with E-state index < -0.39 is 0 Å². The van der Waals surface area contributed by atoms with Crippen LogP contribution in [-0.4, -0.2) is 4.98 Å². The van der Waals surface area contributed by atoms with Gasteiger partial charge in [0.25, 0.3) is 0 Å². The summed E-state index contributed by atoms with van der Waals surface area (Å²) < 4.78 is 0. The van der Waals surface area contributed by atoms with Crippen molar-refractivity contribution in [3.8, 4) is 6.07 Å². The van der Waals surface area contributed by atoms with Crippen LogP contribution in [0.2, 0.25) is 5.02 Å². The zero-order chi connectivity index (χ0) is 16.8. The summed E-state index contributed by atoms with van der Waals surface area (Å²) in [7, 11) is 0. The Morgan fingerprint density at radius 2 is 1.88 bits per heavy atom. The second kappa shape index (κ2) is 7.74. The number of benzene rings is 2. The fourth-order valence-electron chi connectivity index (χ4n) is 2.54. The van der Waals surface area contributed by atoms with Gasteiger partial charge in [-0.05, 0) is 47.5 Å². The van der Waals surface area contributed by atoms with Gasteiger partial charge in [0.15, 0.2) is 0 Å². The summed E-state index contributed by atoms with van der Waals surface area (Å²) in [6.45, 7) is 0.666. The summed E-state index contributed by atoms with van der Waals surface area (Å²) in [6.07, 6.45) is 1.79. The van der Waals surface area contributed by atoms with Gasteiger partial charge in [0.1, 0.15) is 0 Å². The maximum atomic E-state index is 8.88. The van der Waals surface area contributed by atoms with E-state index in [1.54, 1.807) is 6.20 Å². The lowest BCUT2D eigenvalue weighted by molar-refractivity contribution is 0.592. The molecule has 0 radical (unpaired) electrons. The molecule has 2 aromatic carbocycles. The van der Waals surface area contributed by atoms with Gasteiger partial charge in [0, 0.05) is 17.8 Å². The van der Waals surface area contributed by atoms with Crippen molar-refractivity contribution in [2.24, 2.45) is 0 Å². The molecular formula is C20H16ClN3. The number of hydrogen-bond donors (Lipinski definition) is 1. The first-order valence-corrected chi connectivity index (χ1v) is 8.03. The molecule has 24 heavy (non-hydrogen) atoms. The van der Waals surface area contributed by atoms with Gasteiger partial charge in [-0.2, -0.15) is 5.26 Å². The Labute approximate surface area is 146 Å². The first-order chi connectivity index (χ1) is 11.8.